The summed E-state index contributed by atoms with van der Waals surface area (Å²) in [7, 11) is 0. The molecule has 2 aromatic rings. The lowest BCUT2D eigenvalue weighted by molar-refractivity contribution is 1.23. The van der Waals surface area contributed by atoms with Crippen molar-refractivity contribution in [2.75, 3.05) is 0 Å². The van der Waals surface area contributed by atoms with Gasteiger partial charge in [0.2, 0.25) is 0 Å². The molecule has 0 amide bonds. The monoisotopic (exact) mass is 261 g/mol. The van der Waals surface area contributed by atoms with E-state index in [0.717, 1.165) is 17.7 Å². The van der Waals surface area contributed by atoms with Gasteiger partial charge in [0.15, 0.2) is 0 Å². The van der Waals surface area contributed by atoms with Crippen molar-refractivity contribution in [3.8, 4) is 0 Å². The third-order valence-corrected chi connectivity index (χ3v) is 3.06. The molecule has 0 aromatic heterocycles. The summed E-state index contributed by atoms with van der Waals surface area (Å²) in [5.41, 5.74) is 4.36. The van der Waals surface area contributed by atoms with Gasteiger partial charge in [-0.1, -0.05) is 73.7 Å². The predicted octanol–water partition coefficient (Wildman–Crippen LogP) is 5.22. The fraction of sp³-hybridized carbons (Fsp3) is 0.105. The van der Waals surface area contributed by atoms with Crippen molar-refractivity contribution in [1.82, 2.24) is 0 Å². The lowest BCUT2D eigenvalue weighted by Gasteiger charge is -2.06. The molecule has 0 unspecified atom stereocenters. The van der Waals surface area contributed by atoms with Gasteiger partial charge in [0.25, 0.3) is 0 Å². The Hall–Kier alpha value is -2.41. The normalized spacial score (nSPS) is 12.2. The van der Waals surface area contributed by atoms with Crippen LogP contribution >= 0.6 is 0 Å². The number of nitrogens with zero attached hydrogens (tertiary/aromatic N) is 1. The molecule has 0 saturated heterocycles. The van der Waals surface area contributed by atoms with E-state index in [4.69, 9.17) is 0 Å². The average Bonchev–Trinajstić information content (AvgIpc) is 2.53. The van der Waals surface area contributed by atoms with Crippen LogP contribution in [0.15, 0.2) is 77.8 Å². The van der Waals surface area contributed by atoms with Gasteiger partial charge in [-0.15, -0.1) is 0 Å². The maximum atomic E-state index is 4.18. The zero-order chi connectivity index (χ0) is 14.2. The van der Waals surface area contributed by atoms with E-state index >= 15 is 0 Å². The van der Waals surface area contributed by atoms with Crippen molar-refractivity contribution >= 4 is 18.0 Å². The predicted molar refractivity (Wildman–Crippen MR) is 88.7 cm³/mol. The maximum Gasteiger partial charge on any atom is 0.0700 e. The molecular formula is C19H19N. The van der Waals surface area contributed by atoms with Gasteiger partial charge in [0.1, 0.15) is 0 Å². The van der Waals surface area contributed by atoms with Crippen LogP contribution < -0.4 is 0 Å². The highest BCUT2D eigenvalue weighted by molar-refractivity contribution is 5.84. The smallest absolute Gasteiger partial charge is 0.0700 e. The minimum Gasteiger partial charge on any atom is -0.264 e. The quantitative estimate of drug-likeness (QED) is 0.516. The molecule has 0 aliphatic rings. The van der Waals surface area contributed by atoms with Crippen molar-refractivity contribution in [3.05, 3.63) is 83.9 Å². The van der Waals surface area contributed by atoms with E-state index in [1.807, 2.05) is 24.3 Å². The molecule has 0 aliphatic heterocycles. The molecule has 0 bridgehead atoms. The standard InChI is InChI=1S/C19H19N/c1-3-10-18(16-11-6-4-7-12-16)15-19(20-2)17-13-8-5-9-14-17/h4-15H,2-3H2,1H3/b18-10-,19-15-. The van der Waals surface area contributed by atoms with Crippen LogP contribution in [0, 0.1) is 0 Å². The Morgan fingerprint density at radius 2 is 1.50 bits per heavy atom. The van der Waals surface area contributed by atoms with E-state index < -0.39 is 0 Å². The molecule has 100 valence electrons. The van der Waals surface area contributed by atoms with Crippen LogP contribution in [0.1, 0.15) is 24.5 Å². The molecule has 0 heterocycles. The van der Waals surface area contributed by atoms with Crippen molar-refractivity contribution in [1.29, 1.82) is 0 Å². The van der Waals surface area contributed by atoms with Gasteiger partial charge in [-0.25, -0.2) is 0 Å². The van der Waals surface area contributed by atoms with Crippen LogP contribution in [-0.2, 0) is 0 Å². The number of benzene rings is 2. The van der Waals surface area contributed by atoms with Crippen molar-refractivity contribution in [2.45, 2.75) is 13.3 Å². The largest absolute Gasteiger partial charge is 0.264 e. The second-order valence-electron chi connectivity index (χ2n) is 4.49. The fourth-order valence-electron chi connectivity index (χ4n) is 2.09. The molecular weight excluding hydrogens is 242 g/mol. The van der Waals surface area contributed by atoms with Gasteiger partial charge in [-0.05, 0) is 30.4 Å². The Balaban J connectivity index is 2.43. The van der Waals surface area contributed by atoms with Crippen LogP contribution in [0.5, 0.6) is 0 Å². The number of hydrogen-bond donors (Lipinski definition) is 0. The van der Waals surface area contributed by atoms with E-state index in [2.05, 4.69) is 67.2 Å². The Morgan fingerprint density at radius 1 is 0.950 bits per heavy atom. The molecule has 20 heavy (non-hydrogen) atoms. The van der Waals surface area contributed by atoms with E-state index in [-0.39, 0.29) is 0 Å². The van der Waals surface area contributed by atoms with Gasteiger partial charge >= 0.3 is 0 Å². The van der Waals surface area contributed by atoms with Gasteiger partial charge < -0.3 is 0 Å². The van der Waals surface area contributed by atoms with Crippen LogP contribution in [0.25, 0.3) is 11.3 Å². The molecule has 0 atom stereocenters. The second-order valence-corrected chi connectivity index (χ2v) is 4.49. The highest BCUT2D eigenvalue weighted by atomic mass is 14.7. The first-order valence-corrected chi connectivity index (χ1v) is 6.84. The number of hydrogen-bond acceptors (Lipinski definition) is 1. The topological polar surface area (TPSA) is 12.4 Å². The lowest BCUT2D eigenvalue weighted by atomic mass is 10.0. The molecule has 2 aromatic carbocycles. The fourth-order valence-corrected chi connectivity index (χ4v) is 2.09. The average molecular weight is 261 g/mol. The molecule has 0 fully saturated rings. The Kier molecular flexibility index (Phi) is 5.08. The zero-order valence-corrected chi connectivity index (χ0v) is 11.8. The van der Waals surface area contributed by atoms with E-state index in [0.29, 0.717) is 0 Å². The molecule has 2 rings (SSSR count). The summed E-state index contributed by atoms with van der Waals surface area (Å²) in [6.45, 7) is 5.84. The number of rotatable bonds is 5. The number of aliphatic imine (C=N–C) groups is 1. The highest BCUT2D eigenvalue weighted by Crippen LogP contribution is 2.23. The van der Waals surface area contributed by atoms with Gasteiger partial charge in [-0.2, -0.15) is 0 Å². The van der Waals surface area contributed by atoms with E-state index in [9.17, 15) is 0 Å². The molecule has 1 heteroatoms. The Bertz CT molecular complexity index is 607. The SMILES string of the molecule is C=N/C(=C\C(=C\CC)c1ccccc1)c1ccccc1. The summed E-state index contributed by atoms with van der Waals surface area (Å²) in [4.78, 5) is 4.18. The summed E-state index contributed by atoms with van der Waals surface area (Å²) in [5, 5.41) is 0. The summed E-state index contributed by atoms with van der Waals surface area (Å²) in [6, 6.07) is 20.5. The first kappa shape index (κ1) is 14.0. The first-order chi connectivity index (χ1) is 9.85. The van der Waals surface area contributed by atoms with Crippen LogP contribution in [-0.4, -0.2) is 6.72 Å². The second kappa shape index (κ2) is 7.25. The number of allylic oxidation sites excluding steroid dienone is 3. The molecule has 0 spiro atoms. The summed E-state index contributed by atoms with van der Waals surface area (Å²) in [6.07, 6.45) is 5.30. The van der Waals surface area contributed by atoms with Crippen molar-refractivity contribution < 1.29 is 0 Å². The van der Waals surface area contributed by atoms with Crippen LogP contribution in [0.4, 0.5) is 0 Å². The molecule has 0 radical (unpaired) electrons. The Morgan fingerprint density at radius 3 is 2.00 bits per heavy atom. The third kappa shape index (κ3) is 3.55. The highest BCUT2D eigenvalue weighted by Gasteiger charge is 2.02. The lowest BCUT2D eigenvalue weighted by Crippen LogP contribution is -1.85. The van der Waals surface area contributed by atoms with Crippen molar-refractivity contribution in [2.24, 2.45) is 4.99 Å². The summed E-state index contributed by atoms with van der Waals surface area (Å²) < 4.78 is 0. The van der Waals surface area contributed by atoms with E-state index in [1.165, 1.54) is 11.1 Å². The van der Waals surface area contributed by atoms with Gasteiger partial charge in [0, 0.05) is 5.56 Å². The Labute approximate surface area is 121 Å². The summed E-state index contributed by atoms with van der Waals surface area (Å²) >= 11 is 0. The van der Waals surface area contributed by atoms with Crippen molar-refractivity contribution in [3.63, 3.8) is 0 Å². The maximum absolute atomic E-state index is 4.18. The minimum atomic E-state index is 0.897. The molecule has 0 N–H and O–H groups in total. The summed E-state index contributed by atoms with van der Waals surface area (Å²) in [5.74, 6) is 0. The minimum absolute atomic E-state index is 0.897. The van der Waals surface area contributed by atoms with Crippen LogP contribution in [0.3, 0.4) is 0 Å². The zero-order valence-electron chi connectivity index (χ0n) is 11.8. The first-order valence-electron chi connectivity index (χ1n) is 6.84. The molecule has 1 nitrogen and oxygen atoms in total. The van der Waals surface area contributed by atoms with Crippen LogP contribution in [0.2, 0.25) is 0 Å². The van der Waals surface area contributed by atoms with E-state index in [1.54, 1.807) is 0 Å². The molecule has 0 aliphatic carbocycles. The van der Waals surface area contributed by atoms with Gasteiger partial charge in [0.05, 0.1) is 5.70 Å². The molecule has 0 saturated carbocycles. The van der Waals surface area contributed by atoms with Gasteiger partial charge in [-0.3, -0.25) is 4.99 Å². The third-order valence-electron chi connectivity index (χ3n) is 3.06.